The summed E-state index contributed by atoms with van der Waals surface area (Å²) in [6.45, 7) is 2.89. The van der Waals surface area contributed by atoms with Gasteiger partial charge in [0.2, 0.25) is 5.91 Å². The average Bonchev–Trinajstić information content (AvgIpc) is 3.16. The lowest BCUT2D eigenvalue weighted by Gasteiger charge is -2.30. The number of benzene rings is 1. The van der Waals surface area contributed by atoms with Gasteiger partial charge in [0.1, 0.15) is 0 Å². The Morgan fingerprint density at radius 1 is 1.29 bits per heavy atom. The number of hydrogen-bond donors (Lipinski definition) is 1. The summed E-state index contributed by atoms with van der Waals surface area (Å²) in [5.74, 6) is 0.213. The van der Waals surface area contributed by atoms with E-state index in [1.54, 1.807) is 0 Å². The minimum absolute atomic E-state index is 0.103. The van der Waals surface area contributed by atoms with Gasteiger partial charge in [-0.15, -0.1) is 0 Å². The molecule has 1 aliphatic carbocycles. The van der Waals surface area contributed by atoms with Crippen molar-refractivity contribution in [2.24, 2.45) is 0 Å². The summed E-state index contributed by atoms with van der Waals surface area (Å²) in [7, 11) is 0. The van der Waals surface area contributed by atoms with E-state index in [4.69, 9.17) is 0 Å². The van der Waals surface area contributed by atoms with Crippen LogP contribution in [0.4, 0.5) is 0 Å². The number of carbonyl (C=O) groups excluding carboxylic acids is 1. The van der Waals surface area contributed by atoms with Crippen molar-refractivity contribution in [1.82, 2.24) is 9.80 Å². The summed E-state index contributed by atoms with van der Waals surface area (Å²) < 4.78 is 0. The predicted molar refractivity (Wildman–Crippen MR) is 82.0 cm³/mol. The van der Waals surface area contributed by atoms with E-state index in [0.717, 1.165) is 38.8 Å². The first-order valence-corrected chi connectivity index (χ1v) is 8.00. The Morgan fingerprint density at radius 2 is 2.05 bits per heavy atom. The molecule has 0 saturated carbocycles. The van der Waals surface area contributed by atoms with E-state index in [0.29, 0.717) is 13.1 Å². The molecule has 3 rings (SSSR count). The molecular formula is C17H24N2O2. The number of aryl methyl sites for hydroxylation is 1. The normalized spacial score (nSPS) is 21.0. The van der Waals surface area contributed by atoms with Crippen molar-refractivity contribution in [3.05, 3.63) is 35.4 Å². The highest BCUT2D eigenvalue weighted by Gasteiger charge is 2.30. The lowest BCUT2D eigenvalue weighted by Crippen LogP contribution is -2.41. The molecule has 1 N–H and O–H groups in total. The second kappa shape index (κ2) is 6.58. The van der Waals surface area contributed by atoms with E-state index >= 15 is 0 Å². The van der Waals surface area contributed by atoms with Crippen molar-refractivity contribution in [3.63, 3.8) is 0 Å². The number of carbonyl (C=O) groups is 1. The van der Waals surface area contributed by atoms with Crippen LogP contribution in [0.3, 0.4) is 0 Å². The van der Waals surface area contributed by atoms with Gasteiger partial charge in [0, 0.05) is 25.7 Å². The van der Waals surface area contributed by atoms with Crippen molar-refractivity contribution in [1.29, 1.82) is 0 Å². The standard InChI is InChI=1S/C17H24N2O2/c20-12-11-19(13-17(21)18-9-3-4-10-18)16-8-7-14-5-1-2-6-15(14)16/h1-2,5-6,16,20H,3-4,7-13H2. The molecule has 21 heavy (non-hydrogen) atoms. The number of hydrogen-bond acceptors (Lipinski definition) is 3. The molecule has 0 spiro atoms. The fourth-order valence-corrected chi connectivity index (χ4v) is 3.63. The van der Waals surface area contributed by atoms with Crippen LogP contribution in [0.15, 0.2) is 24.3 Å². The number of rotatable bonds is 5. The van der Waals surface area contributed by atoms with Gasteiger partial charge in [0.25, 0.3) is 0 Å². The quantitative estimate of drug-likeness (QED) is 0.895. The molecule has 1 heterocycles. The highest BCUT2D eigenvalue weighted by Crippen LogP contribution is 2.35. The Hall–Kier alpha value is -1.39. The third-order valence-corrected chi connectivity index (χ3v) is 4.73. The molecule has 1 atom stereocenters. The van der Waals surface area contributed by atoms with E-state index in [2.05, 4.69) is 29.2 Å². The smallest absolute Gasteiger partial charge is 0.236 e. The Bertz CT molecular complexity index is 497. The van der Waals surface area contributed by atoms with Gasteiger partial charge in [-0.1, -0.05) is 24.3 Å². The fourth-order valence-electron chi connectivity index (χ4n) is 3.63. The third kappa shape index (κ3) is 3.11. The first-order valence-electron chi connectivity index (χ1n) is 8.00. The lowest BCUT2D eigenvalue weighted by molar-refractivity contribution is -0.132. The summed E-state index contributed by atoms with van der Waals surface area (Å²) in [6, 6.07) is 8.76. The van der Waals surface area contributed by atoms with Crippen LogP contribution in [-0.2, 0) is 11.2 Å². The SMILES string of the molecule is O=C(CN(CCO)C1CCc2ccccc21)N1CCCC1. The molecule has 1 amide bonds. The monoisotopic (exact) mass is 288 g/mol. The zero-order valence-corrected chi connectivity index (χ0v) is 12.5. The van der Waals surface area contributed by atoms with Crippen LogP contribution in [0, 0.1) is 0 Å². The molecule has 1 aromatic rings. The molecule has 1 unspecified atom stereocenters. The van der Waals surface area contributed by atoms with E-state index in [-0.39, 0.29) is 18.6 Å². The summed E-state index contributed by atoms with van der Waals surface area (Å²) in [4.78, 5) is 16.5. The van der Waals surface area contributed by atoms with Gasteiger partial charge in [-0.25, -0.2) is 0 Å². The molecule has 1 aromatic carbocycles. The Kier molecular flexibility index (Phi) is 4.56. The Labute approximate surface area is 126 Å². The van der Waals surface area contributed by atoms with Gasteiger partial charge < -0.3 is 10.0 Å². The van der Waals surface area contributed by atoms with Crippen LogP contribution in [0.1, 0.15) is 36.4 Å². The number of fused-ring (bicyclic) bond motifs is 1. The molecule has 4 nitrogen and oxygen atoms in total. The van der Waals surface area contributed by atoms with Gasteiger partial charge in [-0.05, 0) is 36.8 Å². The number of nitrogens with zero attached hydrogens (tertiary/aromatic N) is 2. The lowest BCUT2D eigenvalue weighted by atomic mass is 10.1. The molecule has 4 heteroatoms. The Morgan fingerprint density at radius 3 is 2.81 bits per heavy atom. The number of aliphatic hydroxyl groups excluding tert-OH is 1. The molecular weight excluding hydrogens is 264 g/mol. The fraction of sp³-hybridized carbons (Fsp3) is 0.588. The molecule has 2 aliphatic rings. The van der Waals surface area contributed by atoms with Crippen molar-refractivity contribution in [2.75, 3.05) is 32.8 Å². The second-order valence-electron chi connectivity index (χ2n) is 6.04. The summed E-state index contributed by atoms with van der Waals surface area (Å²) in [5.41, 5.74) is 2.72. The minimum atomic E-state index is 0.103. The third-order valence-electron chi connectivity index (χ3n) is 4.73. The summed E-state index contributed by atoms with van der Waals surface area (Å²) in [6.07, 6.45) is 4.36. The molecule has 1 aliphatic heterocycles. The van der Waals surface area contributed by atoms with Gasteiger partial charge in [-0.2, -0.15) is 0 Å². The van der Waals surface area contributed by atoms with Crippen molar-refractivity contribution in [3.8, 4) is 0 Å². The van der Waals surface area contributed by atoms with Crippen LogP contribution in [0.25, 0.3) is 0 Å². The number of likely N-dealkylation sites (tertiary alicyclic amines) is 1. The average molecular weight is 288 g/mol. The van der Waals surface area contributed by atoms with E-state index < -0.39 is 0 Å². The van der Waals surface area contributed by atoms with Crippen LogP contribution in [0.2, 0.25) is 0 Å². The zero-order valence-electron chi connectivity index (χ0n) is 12.5. The second-order valence-corrected chi connectivity index (χ2v) is 6.04. The molecule has 0 aromatic heterocycles. The molecule has 0 bridgehead atoms. The van der Waals surface area contributed by atoms with Gasteiger partial charge in [-0.3, -0.25) is 9.69 Å². The number of amides is 1. The Balaban J connectivity index is 1.71. The van der Waals surface area contributed by atoms with Crippen molar-refractivity contribution >= 4 is 5.91 Å². The van der Waals surface area contributed by atoms with Crippen molar-refractivity contribution < 1.29 is 9.90 Å². The molecule has 1 fully saturated rings. The summed E-state index contributed by atoms with van der Waals surface area (Å²) >= 11 is 0. The maximum atomic E-state index is 12.4. The highest BCUT2D eigenvalue weighted by atomic mass is 16.3. The van der Waals surface area contributed by atoms with Crippen LogP contribution in [-0.4, -0.2) is 53.6 Å². The van der Waals surface area contributed by atoms with Crippen LogP contribution < -0.4 is 0 Å². The van der Waals surface area contributed by atoms with Gasteiger partial charge >= 0.3 is 0 Å². The summed E-state index contributed by atoms with van der Waals surface area (Å²) in [5, 5.41) is 9.36. The zero-order chi connectivity index (χ0) is 14.7. The minimum Gasteiger partial charge on any atom is -0.395 e. The molecule has 114 valence electrons. The first kappa shape index (κ1) is 14.5. The predicted octanol–water partition coefficient (Wildman–Crippen LogP) is 1.59. The van der Waals surface area contributed by atoms with E-state index in [9.17, 15) is 9.90 Å². The largest absolute Gasteiger partial charge is 0.395 e. The molecule has 0 radical (unpaired) electrons. The van der Waals surface area contributed by atoms with E-state index in [1.807, 2.05) is 4.90 Å². The first-order chi connectivity index (χ1) is 10.3. The van der Waals surface area contributed by atoms with Gasteiger partial charge in [0.15, 0.2) is 0 Å². The maximum Gasteiger partial charge on any atom is 0.236 e. The highest BCUT2D eigenvalue weighted by molar-refractivity contribution is 5.78. The topological polar surface area (TPSA) is 43.8 Å². The maximum absolute atomic E-state index is 12.4. The van der Waals surface area contributed by atoms with E-state index in [1.165, 1.54) is 11.1 Å². The number of aliphatic hydroxyl groups is 1. The van der Waals surface area contributed by atoms with Crippen LogP contribution >= 0.6 is 0 Å². The van der Waals surface area contributed by atoms with Crippen molar-refractivity contribution in [2.45, 2.75) is 31.7 Å². The molecule has 1 saturated heterocycles. The van der Waals surface area contributed by atoms with Crippen LogP contribution in [0.5, 0.6) is 0 Å². The van der Waals surface area contributed by atoms with Gasteiger partial charge in [0.05, 0.1) is 13.2 Å².